The van der Waals surface area contributed by atoms with Gasteiger partial charge in [0.1, 0.15) is 5.54 Å². The first-order chi connectivity index (χ1) is 13.1. The van der Waals surface area contributed by atoms with E-state index in [0.29, 0.717) is 4.90 Å². The summed E-state index contributed by atoms with van der Waals surface area (Å²) >= 11 is 1.22. The number of hydrogen-bond acceptors (Lipinski definition) is 6. The lowest BCUT2D eigenvalue weighted by molar-refractivity contribution is -0.125. The monoisotopic (exact) mass is 405 g/mol. The Hall–Kier alpha value is -2.53. The molecule has 0 bridgehead atoms. The van der Waals surface area contributed by atoms with Gasteiger partial charge in [-0.3, -0.25) is 9.59 Å². The predicted octanol–water partition coefficient (Wildman–Crippen LogP) is 2.51. The molecule has 0 aliphatic carbocycles. The highest BCUT2D eigenvalue weighted by Crippen LogP contribution is 2.23. The van der Waals surface area contributed by atoms with Crippen molar-refractivity contribution in [2.24, 2.45) is 5.92 Å². The van der Waals surface area contributed by atoms with Gasteiger partial charge in [-0.2, -0.15) is 5.26 Å². The van der Waals surface area contributed by atoms with Gasteiger partial charge in [0.05, 0.1) is 17.4 Å². The maximum Gasteiger partial charge on any atom is 0.339 e. The topological polar surface area (TPSA) is 108 Å². The number of rotatable bonds is 9. The number of amides is 2. The van der Waals surface area contributed by atoms with Gasteiger partial charge in [0, 0.05) is 10.9 Å². The van der Waals surface area contributed by atoms with Crippen molar-refractivity contribution >= 4 is 29.5 Å². The fourth-order valence-electron chi connectivity index (χ4n) is 2.10. The van der Waals surface area contributed by atoms with E-state index in [-0.39, 0.29) is 29.2 Å². The van der Waals surface area contributed by atoms with Crippen molar-refractivity contribution in [3.63, 3.8) is 0 Å². The van der Waals surface area contributed by atoms with Gasteiger partial charge in [-0.1, -0.05) is 26.0 Å². The van der Waals surface area contributed by atoms with Gasteiger partial charge in [0.15, 0.2) is 6.61 Å². The number of hydrogen-bond donors (Lipinski definition) is 2. The Bertz CT molecular complexity index is 758. The quantitative estimate of drug-likeness (QED) is 0.483. The number of carbonyl (C=O) groups is 3. The Morgan fingerprint density at radius 3 is 2.39 bits per heavy atom. The van der Waals surface area contributed by atoms with E-state index in [9.17, 15) is 19.6 Å². The minimum absolute atomic E-state index is 0.0387. The summed E-state index contributed by atoms with van der Waals surface area (Å²) in [4.78, 5) is 36.8. The van der Waals surface area contributed by atoms with Crippen molar-refractivity contribution in [3.05, 3.63) is 29.8 Å². The van der Waals surface area contributed by atoms with Crippen LogP contribution in [0.1, 0.15) is 45.0 Å². The number of carbonyl (C=O) groups excluding carboxylic acids is 3. The third-order valence-corrected chi connectivity index (χ3v) is 5.11. The Labute approximate surface area is 170 Å². The third kappa shape index (κ3) is 7.24. The average molecular weight is 406 g/mol. The number of nitrogens with zero attached hydrogens (tertiary/aromatic N) is 1. The molecule has 2 N–H and O–H groups in total. The summed E-state index contributed by atoms with van der Waals surface area (Å²) in [6.45, 7) is 8.50. The standard InChI is InChI=1S/C20H27N3O4S/c1-13(2)20(5,12-21)23-17(24)10-27-19(26)15-8-6-7-9-16(15)28-11-18(25)22-14(3)4/h6-9,13-14H,10-11H2,1-5H3,(H,22,25)(H,23,24)/t20-/m1/s1. The van der Waals surface area contributed by atoms with E-state index in [4.69, 9.17) is 4.74 Å². The van der Waals surface area contributed by atoms with Gasteiger partial charge in [-0.25, -0.2) is 4.79 Å². The molecule has 0 aromatic heterocycles. The minimum atomic E-state index is -1.04. The van der Waals surface area contributed by atoms with Crippen molar-refractivity contribution in [3.8, 4) is 6.07 Å². The molecule has 28 heavy (non-hydrogen) atoms. The normalized spacial score (nSPS) is 12.8. The molecule has 2 amide bonds. The van der Waals surface area contributed by atoms with E-state index in [1.165, 1.54) is 11.8 Å². The molecular formula is C20H27N3O4S. The van der Waals surface area contributed by atoms with Crippen molar-refractivity contribution in [2.75, 3.05) is 12.4 Å². The van der Waals surface area contributed by atoms with Crippen LogP contribution in [0.4, 0.5) is 0 Å². The molecule has 0 spiro atoms. The molecule has 0 heterocycles. The SMILES string of the molecule is CC(C)NC(=O)CSc1ccccc1C(=O)OCC(=O)N[C@](C)(C#N)C(C)C. The first-order valence-electron chi connectivity index (χ1n) is 8.99. The average Bonchev–Trinajstić information content (AvgIpc) is 2.63. The van der Waals surface area contributed by atoms with E-state index in [1.54, 1.807) is 31.2 Å². The van der Waals surface area contributed by atoms with Crippen LogP contribution in [0.15, 0.2) is 29.2 Å². The zero-order valence-electron chi connectivity index (χ0n) is 16.9. The molecule has 0 saturated carbocycles. The number of ether oxygens (including phenoxy) is 1. The maximum absolute atomic E-state index is 12.4. The second kappa shape index (κ2) is 10.7. The Kier molecular flexibility index (Phi) is 9.00. The highest BCUT2D eigenvalue weighted by molar-refractivity contribution is 8.00. The molecule has 0 unspecified atom stereocenters. The first-order valence-corrected chi connectivity index (χ1v) is 9.98. The Morgan fingerprint density at radius 1 is 1.18 bits per heavy atom. The fraction of sp³-hybridized carbons (Fsp3) is 0.500. The molecule has 1 atom stereocenters. The molecule has 0 fully saturated rings. The summed E-state index contributed by atoms with van der Waals surface area (Å²) in [5.41, 5.74) is -0.759. The van der Waals surface area contributed by atoms with Crippen LogP contribution in [0.2, 0.25) is 0 Å². The number of benzene rings is 1. The summed E-state index contributed by atoms with van der Waals surface area (Å²) in [6, 6.07) is 8.84. The van der Waals surface area contributed by atoms with E-state index in [0.717, 1.165) is 0 Å². The van der Waals surface area contributed by atoms with Crippen LogP contribution in [0.3, 0.4) is 0 Å². The highest BCUT2D eigenvalue weighted by Gasteiger charge is 2.30. The lowest BCUT2D eigenvalue weighted by Crippen LogP contribution is -2.50. The molecule has 1 aromatic rings. The zero-order valence-corrected chi connectivity index (χ0v) is 17.7. The smallest absolute Gasteiger partial charge is 0.339 e. The Balaban J connectivity index is 2.69. The molecule has 1 rings (SSSR count). The van der Waals surface area contributed by atoms with Crippen LogP contribution in [0.25, 0.3) is 0 Å². The summed E-state index contributed by atoms with van der Waals surface area (Å²) in [5.74, 6) is -1.28. The number of nitrogens with one attached hydrogen (secondary N) is 2. The lowest BCUT2D eigenvalue weighted by Gasteiger charge is -2.27. The van der Waals surface area contributed by atoms with Gasteiger partial charge in [0.25, 0.3) is 5.91 Å². The van der Waals surface area contributed by atoms with Crippen LogP contribution >= 0.6 is 11.8 Å². The second-order valence-electron chi connectivity index (χ2n) is 7.10. The van der Waals surface area contributed by atoms with Crippen molar-refractivity contribution < 1.29 is 19.1 Å². The van der Waals surface area contributed by atoms with Crippen LogP contribution < -0.4 is 10.6 Å². The molecule has 8 heteroatoms. The van der Waals surface area contributed by atoms with Crippen molar-refractivity contribution in [1.29, 1.82) is 5.26 Å². The summed E-state index contributed by atoms with van der Waals surface area (Å²) in [7, 11) is 0. The predicted molar refractivity (Wildman–Crippen MR) is 108 cm³/mol. The van der Waals surface area contributed by atoms with E-state index in [2.05, 4.69) is 16.7 Å². The molecule has 0 radical (unpaired) electrons. The molecule has 0 saturated heterocycles. The third-order valence-electron chi connectivity index (χ3n) is 4.04. The van der Waals surface area contributed by atoms with Crippen LogP contribution in [-0.4, -0.2) is 41.7 Å². The largest absolute Gasteiger partial charge is 0.452 e. The zero-order chi connectivity index (χ0) is 21.3. The number of nitriles is 1. The molecule has 1 aromatic carbocycles. The fourth-order valence-corrected chi connectivity index (χ4v) is 2.96. The molecule has 0 aliphatic heterocycles. The van der Waals surface area contributed by atoms with Crippen molar-refractivity contribution in [1.82, 2.24) is 10.6 Å². The van der Waals surface area contributed by atoms with Crippen LogP contribution in [0, 0.1) is 17.2 Å². The molecule has 152 valence electrons. The molecular weight excluding hydrogens is 378 g/mol. The summed E-state index contributed by atoms with van der Waals surface area (Å²) < 4.78 is 5.10. The van der Waals surface area contributed by atoms with E-state index in [1.807, 2.05) is 27.7 Å². The molecule has 0 aliphatic rings. The number of thioether (sulfide) groups is 1. The van der Waals surface area contributed by atoms with Crippen LogP contribution in [0.5, 0.6) is 0 Å². The second-order valence-corrected chi connectivity index (χ2v) is 8.12. The maximum atomic E-state index is 12.4. The van der Waals surface area contributed by atoms with E-state index >= 15 is 0 Å². The summed E-state index contributed by atoms with van der Waals surface area (Å²) in [6.07, 6.45) is 0. The van der Waals surface area contributed by atoms with E-state index < -0.39 is 24.0 Å². The summed E-state index contributed by atoms with van der Waals surface area (Å²) in [5, 5.41) is 14.6. The van der Waals surface area contributed by atoms with Gasteiger partial charge in [-0.15, -0.1) is 11.8 Å². The first kappa shape index (κ1) is 23.5. The Morgan fingerprint density at radius 2 is 1.82 bits per heavy atom. The van der Waals surface area contributed by atoms with Gasteiger partial charge >= 0.3 is 5.97 Å². The highest BCUT2D eigenvalue weighted by atomic mass is 32.2. The number of esters is 1. The van der Waals surface area contributed by atoms with Crippen LogP contribution in [-0.2, 0) is 14.3 Å². The minimum Gasteiger partial charge on any atom is -0.452 e. The lowest BCUT2D eigenvalue weighted by atomic mass is 9.90. The van der Waals surface area contributed by atoms with Gasteiger partial charge in [0.2, 0.25) is 5.91 Å². The van der Waals surface area contributed by atoms with Crippen molar-refractivity contribution in [2.45, 2.75) is 51.1 Å². The van der Waals surface area contributed by atoms with Gasteiger partial charge < -0.3 is 15.4 Å². The molecule has 7 nitrogen and oxygen atoms in total. The van der Waals surface area contributed by atoms with Gasteiger partial charge in [-0.05, 0) is 38.8 Å².